The maximum absolute atomic E-state index is 12.2. The summed E-state index contributed by atoms with van der Waals surface area (Å²) >= 11 is 0. The van der Waals surface area contributed by atoms with Gasteiger partial charge in [0.05, 0.1) is 24.7 Å². The first-order valence-corrected chi connectivity index (χ1v) is 8.68. The van der Waals surface area contributed by atoms with Crippen molar-refractivity contribution in [2.24, 2.45) is 0 Å². The fourth-order valence-corrected chi connectivity index (χ4v) is 3.05. The molecule has 0 bridgehead atoms. The predicted octanol–water partition coefficient (Wildman–Crippen LogP) is 1.39. The van der Waals surface area contributed by atoms with Gasteiger partial charge >= 0.3 is 0 Å². The fourth-order valence-electron chi connectivity index (χ4n) is 1.93. The van der Waals surface area contributed by atoms with E-state index in [0.29, 0.717) is 38.7 Å². The van der Waals surface area contributed by atoms with Crippen molar-refractivity contribution in [1.29, 1.82) is 0 Å². The molecule has 1 fully saturated rings. The fraction of sp³-hybridized carbons (Fsp3) is 0.571. The van der Waals surface area contributed by atoms with Crippen LogP contribution in [0.5, 0.6) is 5.75 Å². The molecule has 2 rings (SSSR count). The highest BCUT2D eigenvalue weighted by molar-refractivity contribution is 7.89. The van der Waals surface area contributed by atoms with Crippen LogP contribution in [0.25, 0.3) is 0 Å². The van der Waals surface area contributed by atoms with Gasteiger partial charge in [-0.25, -0.2) is 13.4 Å². The molecule has 0 spiro atoms. The maximum Gasteiger partial charge on any atom is 0.253 e. The lowest BCUT2D eigenvalue weighted by molar-refractivity contribution is 0.0272. The van der Waals surface area contributed by atoms with Gasteiger partial charge in [-0.15, -0.1) is 4.83 Å². The molecule has 118 valence electrons. The second kappa shape index (κ2) is 7.74. The number of sulfonamides is 1. The first kappa shape index (κ1) is 16.2. The average molecular weight is 314 g/mol. The van der Waals surface area contributed by atoms with E-state index in [1.54, 1.807) is 29.3 Å². The molecule has 0 radical (unpaired) electrons. The summed E-state index contributed by atoms with van der Waals surface area (Å²) in [6.07, 6.45) is 2.05. The van der Waals surface area contributed by atoms with E-state index in [1.807, 2.05) is 0 Å². The Kier molecular flexibility index (Phi) is 5.98. The minimum Gasteiger partial charge on any atom is -0.494 e. The van der Waals surface area contributed by atoms with E-state index >= 15 is 0 Å². The summed E-state index contributed by atoms with van der Waals surface area (Å²) in [6, 6.07) is 6.49. The lowest BCUT2D eigenvalue weighted by atomic mass is 10.3. The molecule has 7 heteroatoms. The second-order valence-electron chi connectivity index (χ2n) is 4.87. The van der Waals surface area contributed by atoms with Crippen molar-refractivity contribution in [3.63, 3.8) is 0 Å². The third-order valence-corrected chi connectivity index (χ3v) is 4.55. The topological polar surface area (TPSA) is 67.9 Å². The number of ether oxygens (including phenoxy) is 2. The molecular weight excluding hydrogens is 292 g/mol. The molecule has 1 aliphatic heterocycles. The molecule has 1 aromatic rings. The maximum atomic E-state index is 12.2. The predicted molar refractivity (Wildman–Crippen MR) is 79.6 cm³/mol. The zero-order valence-corrected chi connectivity index (χ0v) is 13.1. The van der Waals surface area contributed by atoms with Gasteiger partial charge in [-0.2, -0.15) is 0 Å². The van der Waals surface area contributed by atoms with Crippen LogP contribution >= 0.6 is 0 Å². The van der Waals surface area contributed by atoms with Gasteiger partial charge in [0.1, 0.15) is 5.75 Å². The largest absolute Gasteiger partial charge is 0.494 e. The summed E-state index contributed by atoms with van der Waals surface area (Å²) in [4.78, 5) is 2.80. The monoisotopic (exact) mass is 314 g/mol. The van der Waals surface area contributed by atoms with Gasteiger partial charge in [-0.3, -0.25) is 0 Å². The summed E-state index contributed by atoms with van der Waals surface area (Å²) in [6.45, 7) is 4.92. The first-order valence-electron chi connectivity index (χ1n) is 7.20. The number of unbranched alkanes of at least 4 members (excludes halogenated alkanes) is 1. The van der Waals surface area contributed by atoms with Gasteiger partial charge in [0, 0.05) is 13.1 Å². The minimum atomic E-state index is -3.54. The molecular formula is C14H22N2O4S. The normalized spacial score (nSPS) is 16.8. The van der Waals surface area contributed by atoms with Crippen molar-refractivity contribution in [1.82, 2.24) is 9.84 Å². The molecule has 0 amide bonds. The van der Waals surface area contributed by atoms with Gasteiger partial charge in [-0.1, -0.05) is 13.3 Å². The molecule has 0 unspecified atom stereocenters. The van der Waals surface area contributed by atoms with E-state index < -0.39 is 10.0 Å². The lowest BCUT2D eigenvalue weighted by Gasteiger charge is -2.26. The Bertz CT molecular complexity index is 524. The number of morpholine rings is 1. The van der Waals surface area contributed by atoms with Crippen molar-refractivity contribution < 1.29 is 17.9 Å². The molecule has 6 nitrogen and oxygen atoms in total. The van der Waals surface area contributed by atoms with Crippen LogP contribution in [0.3, 0.4) is 0 Å². The first-order chi connectivity index (χ1) is 10.1. The number of hydrazine groups is 1. The van der Waals surface area contributed by atoms with Gasteiger partial charge in [0.15, 0.2) is 0 Å². The molecule has 1 saturated heterocycles. The van der Waals surface area contributed by atoms with Crippen molar-refractivity contribution in [3.05, 3.63) is 24.3 Å². The summed E-state index contributed by atoms with van der Waals surface area (Å²) in [5.74, 6) is 0.689. The number of hydrogen-bond donors (Lipinski definition) is 1. The molecule has 1 aromatic carbocycles. The summed E-state index contributed by atoms with van der Waals surface area (Å²) in [5, 5.41) is 1.66. The van der Waals surface area contributed by atoms with E-state index in [-0.39, 0.29) is 4.90 Å². The number of nitrogens with zero attached hydrogens (tertiary/aromatic N) is 1. The molecule has 0 aliphatic carbocycles. The van der Waals surface area contributed by atoms with Crippen LogP contribution in [0, 0.1) is 0 Å². The van der Waals surface area contributed by atoms with Crippen molar-refractivity contribution >= 4 is 10.0 Å². The summed E-state index contributed by atoms with van der Waals surface area (Å²) in [7, 11) is -3.54. The Morgan fingerprint density at radius 3 is 2.52 bits per heavy atom. The highest BCUT2D eigenvalue weighted by atomic mass is 32.2. The average Bonchev–Trinajstić information content (AvgIpc) is 2.49. The third kappa shape index (κ3) is 4.96. The van der Waals surface area contributed by atoms with Crippen LogP contribution in [-0.4, -0.2) is 46.3 Å². The van der Waals surface area contributed by atoms with Crippen LogP contribution in [0.4, 0.5) is 0 Å². The van der Waals surface area contributed by atoms with Crippen LogP contribution < -0.4 is 9.57 Å². The Morgan fingerprint density at radius 1 is 1.24 bits per heavy atom. The standard InChI is InChI=1S/C14H22N2O4S/c1-2-3-10-20-13-4-6-14(7-5-13)21(17,18)15-16-8-11-19-12-9-16/h4-7,15H,2-3,8-12H2,1H3. The number of nitrogens with one attached hydrogen (secondary N) is 1. The van der Waals surface area contributed by atoms with Gasteiger partial charge < -0.3 is 9.47 Å². The summed E-state index contributed by atoms with van der Waals surface area (Å²) < 4.78 is 35.2. The Labute approximate surface area is 126 Å². The SMILES string of the molecule is CCCCOc1ccc(S(=O)(=O)NN2CCOCC2)cc1. The summed E-state index contributed by atoms with van der Waals surface area (Å²) in [5.41, 5.74) is 0. The van der Waals surface area contributed by atoms with Crippen LogP contribution in [-0.2, 0) is 14.8 Å². The van der Waals surface area contributed by atoms with E-state index in [4.69, 9.17) is 9.47 Å². The molecule has 1 N–H and O–H groups in total. The second-order valence-corrected chi connectivity index (χ2v) is 6.53. The molecule has 21 heavy (non-hydrogen) atoms. The van der Waals surface area contributed by atoms with E-state index in [9.17, 15) is 8.42 Å². The van der Waals surface area contributed by atoms with Crippen molar-refractivity contribution in [2.75, 3.05) is 32.9 Å². The third-order valence-electron chi connectivity index (χ3n) is 3.16. The number of hydrogen-bond acceptors (Lipinski definition) is 5. The molecule has 0 saturated carbocycles. The smallest absolute Gasteiger partial charge is 0.253 e. The molecule has 0 aromatic heterocycles. The zero-order chi connectivity index (χ0) is 15.1. The van der Waals surface area contributed by atoms with Crippen LogP contribution in [0.1, 0.15) is 19.8 Å². The highest BCUT2D eigenvalue weighted by Crippen LogP contribution is 2.16. The van der Waals surface area contributed by atoms with Crippen molar-refractivity contribution in [2.45, 2.75) is 24.7 Å². The van der Waals surface area contributed by atoms with Gasteiger partial charge in [0.2, 0.25) is 0 Å². The molecule has 1 aliphatic rings. The lowest BCUT2D eigenvalue weighted by Crippen LogP contribution is -2.48. The Balaban J connectivity index is 1.95. The van der Waals surface area contributed by atoms with Gasteiger partial charge in [-0.05, 0) is 30.7 Å². The van der Waals surface area contributed by atoms with Crippen molar-refractivity contribution in [3.8, 4) is 5.75 Å². The number of rotatable bonds is 7. The van der Waals surface area contributed by atoms with E-state index in [2.05, 4.69) is 11.8 Å². The van der Waals surface area contributed by atoms with Gasteiger partial charge in [0.25, 0.3) is 10.0 Å². The highest BCUT2D eigenvalue weighted by Gasteiger charge is 2.20. The van der Waals surface area contributed by atoms with E-state index in [0.717, 1.165) is 12.8 Å². The quantitative estimate of drug-likeness (QED) is 0.770. The Morgan fingerprint density at radius 2 is 1.90 bits per heavy atom. The van der Waals surface area contributed by atoms with Crippen LogP contribution in [0.15, 0.2) is 29.2 Å². The number of benzene rings is 1. The minimum absolute atomic E-state index is 0.233. The Hall–Kier alpha value is -1.15. The molecule has 0 atom stereocenters. The molecule has 1 heterocycles. The van der Waals surface area contributed by atoms with Crippen LogP contribution in [0.2, 0.25) is 0 Å². The zero-order valence-electron chi connectivity index (χ0n) is 12.2. The van der Waals surface area contributed by atoms with E-state index in [1.165, 1.54) is 0 Å².